The molecule has 2 rings (SSSR count). The van der Waals surface area contributed by atoms with Gasteiger partial charge in [-0.25, -0.2) is 4.98 Å². The predicted octanol–water partition coefficient (Wildman–Crippen LogP) is 2.26. The molecule has 2 heterocycles. The van der Waals surface area contributed by atoms with Crippen molar-refractivity contribution in [3.63, 3.8) is 0 Å². The Kier molecular flexibility index (Phi) is 5.49. The lowest BCUT2D eigenvalue weighted by Crippen LogP contribution is -2.36. The van der Waals surface area contributed by atoms with E-state index in [1.165, 1.54) is 5.56 Å². The lowest BCUT2D eigenvalue weighted by Gasteiger charge is -2.11. The van der Waals surface area contributed by atoms with Crippen LogP contribution in [-0.4, -0.2) is 24.2 Å². The van der Waals surface area contributed by atoms with Crippen LogP contribution in [0.15, 0.2) is 51.2 Å². The van der Waals surface area contributed by atoms with Crippen molar-refractivity contribution in [2.75, 3.05) is 13.3 Å². The lowest BCUT2D eigenvalue weighted by molar-refractivity contribution is 0.501. The number of furan rings is 1. The Labute approximate surface area is 122 Å². The third-order valence-corrected chi connectivity index (χ3v) is 3.34. The molecule has 0 fully saturated rings. The zero-order chi connectivity index (χ0) is 14.2. The highest BCUT2D eigenvalue weighted by Gasteiger charge is 2.01. The van der Waals surface area contributed by atoms with E-state index in [4.69, 9.17) is 4.42 Å². The van der Waals surface area contributed by atoms with Crippen molar-refractivity contribution in [2.45, 2.75) is 18.1 Å². The van der Waals surface area contributed by atoms with E-state index in [1.54, 1.807) is 25.1 Å². The summed E-state index contributed by atoms with van der Waals surface area (Å²) < 4.78 is 5.27. The molecule has 0 bridgehead atoms. The zero-order valence-electron chi connectivity index (χ0n) is 11.6. The van der Waals surface area contributed by atoms with Crippen molar-refractivity contribution in [1.29, 1.82) is 0 Å². The van der Waals surface area contributed by atoms with Gasteiger partial charge in [0.1, 0.15) is 5.76 Å². The van der Waals surface area contributed by atoms with E-state index in [1.807, 2.05) is 30.7 Å². The van der Waals surface area contributed by atoms with E-state index < -0.39 is 0 Å². The van der Waals surface area contributed by atoms with E-state index >= 15 is 0 Å². The molecule has 0 aliphatic rings. The van der Waals surface area contributed by atoms with Gasteiger partial charge in [0, 0.05) is 19.8 Å². The standard InChI is InChI=1S/C14H18N4OS/c1-15-14(18-10-12-4-3-7-19-12)17-9-11-5-6-16-13(8-11)20-2/h3-8H,9-10H2,1-2H3,(H2,15,17,18). The molecule has 0 aromatic carbocycles. The molecule has 5 nitrogen and oxygen atoms in total. The van der Waals surface area contributed by atoms with Gasteiger partial charge in [-0.15, -0.1) is 11.8 Å². The molecular weight excluding hydrogens is 272 g/mol. The van der Waals surface area contributed by atoms with Gasteiger partial charge in [0.25, 0.3) is 0 Å². The fourth-order valence-electron chi connectivity index (χ4n) is 1.66. The molecule has 0 amide bonds. The van der Waals surface area contributed by atoms with Crippen molar-refractivity contribution >= 4 is 17.7 Å². The van der Waals surface area contributed by atoms with Gasteiger partial charge in [0.15, 0.2) is 5.96 Å². The summed E-state index contributed by atoms with van der Waals surface area (Å²) in [5.74, 6) is 1.62. The number of aliphatic imine (C=N–C) groups is 1. The Morgan fingerprint density at radius 2 is 2.20 bits per heavy atom. The van der Waals surface area contributed by atoms with E-state index in [-0.39, 0.29) is 0 Å². The second-order valence-corrected chi connectivity index (χ2v) is 4.89. The van der Waals surface area contributed by atoms with Gasteiger partial charge in [-0.1, -0.05) is 0 Å². The number of aromatic nitrogens is 1. The first-order valence-electron chi connectivity index (χ1n) is 6.27. The maximum absolute atomic E-state index is 5.27. The summed E-state index contributed by atoms with van der Waals surface area (Å²) in [6.07, 6.45) is 5.50. The van der Waals surface area contributed by atoms with Crippen LogP contribution in [0.2, 0.25) is 0 Å². The van der Waals surface area contributed by atoms with Crippen LogP contribution in [-0.2, 0) is 13.1 Å². The van der Waals surface area contributed by atoms with Gasteiger partial charge < -0.3 is 15.1 Å². The largest absolute Gasteiger partial charge is 0.467 e. The number of guanidine groups is 1. The molecule has 0 unspecified atom stereocenters. The quantitative estimate of drug-likeness (QED) is 0.502. The monoisotopic (exact) mass is 290 g/mol. The average Bonchev–Trinajstić information content (AvgIpc) is 3.01. The SMILES string of the molecule is CN=C(NCc1ccnc(SC)c1)NCc1ccco1. The number of nitrogens with zero attached hydrogens (tertiary/aromatic N) is 2. The van der Waals surface area contributed by atoms with Crippen molar-refractivity contribution in [1.82, 2.24) is 15.6 Å². The fourth-order valence-corrected chi connectivity index (χ4v) is 2.10. The van der Waals surface area contributed by atoms with Crippen molar-refractivity contribution in [2.24, 2.45) is 4.99 Å². The molecular formula is C14H18N4OS. The molecule has 6 heteroatoms. The van der Waals surface area contributed by atoms with Crippen molar-refractivity contribution in [3.05, 3.63) is 48.0 Å². The topological polar surface area (TPSA) is 62.5 Å². The maximum Gasteiger partial charge on any atom is 0.191 e. The second-order valence-electron chi connectivity index (χ2n) is 4.07. The minimum atomic E-state index is 0.610. The summed E-state index contributed by atoms with van der Waals surface area (Å²) in [5.41, 5.74) is 1.17. The molecule has 106 valence electrons. The van der Waals surface area contributed by atoms with Gasteiger partial charge in [-0.3, -0.25) is 4.99 Å². The van der Waals surface area contributed by atoms with Crippen LogP contribution in [0.5, 0.6) is 0 Å². The van der Waals surface area contributed by atoms with Crippen LogP contribution in [0.1, 0.15) is 11.3 Å². The molecule has 0 spiro atoms. The molecule has 0 aliphatic carbocycles. The molecule has 0 saturated carbocycles. The zero-order valence-corrected chi connectivity index (χ0v) is 12.4. The fraction of sp³-hybridized carbons (Fsp3) is 0.286. The molecule has 2 aromatic heterocycles. The first kappa shape index (κ1) is 14.5. The average molecular weight is 290 g/mol. The first-order valence-corrected chi connectivity index (χ1v) is 7.50. The highest BCUT2D eigenvalue weighted by molar-refractivity contribution is 7.98. The van der Waals surface area contributed by atoms with Crippen LogP contribution >= 0.6 is 11.8 Å². The van der Waals surface area contributed by atoms with Crippen molar-refractivity contribution in [3.8, 4) is 0 Å². The van der Waals surface area contributed by atoms with Gasteiger partial charge in [0.05, 0.1) is 17.8 Å². The summed E-state index contributed by atoms with van der Waals surface area (Å²) in [5, 5.41) is 7.47. The van der Waals surface area contributed by atoms with Crippen molar-refractivity contribution < 1.29 is 4.42 Å². The molecule has 2 N–H and O–H groups in total. The second kappa shape index (κ2) is 7.59. The number of hydrogen-bond acceptors (Lipinski definition) is 4. The summed E-state index contributed by atoms with van der Waals surface area (Å²) in [6, 6.07) is 7.85. The predicted molar refractivity (Wildman–Crippen MR) is 81.8 cm³/mol. The summed E-state index contributed by atoms with van der Waals surface area (Å²) in [7, 11) is 1.75. The Morgan fingerprint density at radius 1 is 1.35 bits per heavy atom. The minimum Gasteiger partial charge on any atom is -0.467 e. The van der Waals surface area contributed by atoms with Crippen LogP contribution in [0.25, 0.3) is 0 Å². The Hall–Kier alpha value is -1.95. The van der Waals surface area contributed by atoms with E-state index in [0.29, 0.717) is 13.1 Å². The van der Waals surface area contributed by atoms with Gasteiger partial charge in [-0.2, -0.15) is 0 Å². The minimum absolute atomic E-state index is 0.610. The summed E-state index contributed by atoms with van der Waals surface area (Å²) >= 11 is 1.63. The third kappa shape index (κ3) is 4.31. The van der Waals surface area contributed by atoms with Crippen LogP contribution in [0.3, 0.4) is 0 Å². The highest BCUT2D eigenvalue weighted by atomic mass is 32.2. The van der Waals surface area contributed by atoms with Crippen LogP contribution in [0.4, 0.5) is 0 Å². The van der Waals surface area contributed by atoms with Crippen LogP contribution < -0.4 is 10.6 Å². The molecule has 0 saturated heterocycles. The van der Waals surface area contributed by atoms with E-state index in [9.17, 15) is 0 Å². The van der Waals surface area contributed by atoms with Crippen LogP contribution in [0, 0.1) is 0 Å². The summed E-state index contributed by atoms with van der Waals surface area (Å²) in [4.78, 5) is 8.43. The lowest BCUT2D eigenvalue weighted by atomic mass is 10.3. The molecule has 20 heavy (non-hydrogen) atoms. The number of nitrogens with one attached hydrogen (secondary N) is 2. The van der Waals surface area contributed by atoms with Gasteiger partial charge in [0.2, 0.25) is 0 Å². The normalized spacial score (nSPS) is 11.4. The van der Waals surface area contributed by atoms with E-state index in [2.05, 4.69) is 26.7 Å². The molecule has 0 aliphatic heterocycles. The molecule has 0 atom stereocenters. The molecule has 2 aromatic rings. The number of rotatable bonds is 5. The van der Waals surface area contributed by atoms with Gasteiger partial charge >= 0.3 is 0 Å². The Bertz CT molecular complexity index is 554. The summed E-state index contributed by atoms with van der Waals surface area (Å²) in [6.45, 7) is 1.31. The Balaban J connectivity index is 1.84. The van der Waals surface area contributed by atoms with E-state index in [0.717, 1.165) is 16.7 Å². The Morgan fingerprint density at radius 3 is 2.90 bits per heavy atom. The number of thioether (sulfide) groups is 1. The smallest absolute Gasteiger partial charge is 0.191 e. The number of pyridine rings is 1. The first-order chi connectivity index (χ1) is 9.81. The highest BCUT2D eigenvalue weighted by Crippen LogP contribution is 2.12. The molecule has 0 radical (unpaired) electrons. The maximum atomic E-state index is 5.27. The van der Waals surface area contributed by atoms with Gasteiger partial charge in [-0.05, 0) is 36.1 Å². The third-order valence-electron chi connectivity index (χ3n) is 2.70. The number of hydrogen-bond donors (Lipinski definition) is 2.